The van der Waals surface area contributed by atoms with E-state index in [1.165, 1.54) is 12.3 Å². The molecular formula is C11H15N3O4. The number of hydrogen-bond donors (Lipinski definition) is 2. The summed E-state index contributed by atoms with van der Waals surface area (Å²) in [6.07, 6.45) is 1.85. The van der Waals surface area contributed by atoms with E-state index in [0.717, 1.165) is 0 Å². The molecule has 0 radical (unpaired) electrons. The van der Waals surface area contributed by atoms with Gasteiger partial charge in [0.25, 0.3) is 5.69 Å². The highest BCUT2D eigenvalue weighted by atomic mass is 16.6. The van der Waals surface area contributed by atoms with Crippen LogP contribution in [-0.4, -0.2) is 27.5 Å². The number of nitrogens with one attached hydrogen (secondary N) is 1. The lowest BCUT2D eigenvalue weighted by atomic mass is 10.1. The second kappa shape index (κ2) is 5.95. The molecule has 98 valence electrons. The van der Waals surface area contributed by atoms with Gasteiger partial charge in [0.1, 0.15) is 5.82 Å². The molecule has 0 aliphatic rings. The van der Waals surface area contributed by atoms with Crippen molar-refractivity contribution in [2.45, 2.75) is 20.3 Å². The Morgan fingerprint density at radius 3 is 2.89 bits per heavy atom. The maximum absolute atomic E-state index is 10.7. The number of hydrogen-bond acceptors (Lipinski definition) is 5. The fourth-order valence-corrected chi connectivity index (χ4v) is 1.35. The van der Waals surface area contributed by atoms with Crippen molar-refractivity contribution in [2.75, 3.05) is 11.9 Å². The van der Waals surface area contributed by atoms with Crippen LogP contribution >= 0.6 is 0 Å². The lowest BCUT2D eigenvalue weighted by Crippen LogP contribution is -2.15. The Balaban J connectivity index is 2.61. The minimum Gasteiger partial charge on any atom is -0.481 e. The van der Waals surface area contributed by atoms with Crippen LogP contribution in [-0.2, 0) is 4.79 Å². The van der Waals surface area contributed by atoms with Crippen LogP contribution < -0.4 is 5.32 Å². The third-order valence-electron chi connectivity index (χ3n) is 2.58. The van der Waals surface area contributed by atoms with E-state index in [1.54, 1.807) is 13.8 Å². The van der Waals surface area contributed by atoms with Crippen LogP contribution in [0.4, 0.5) is 11.5 Å². The number of pyridine rings is 1. The van der Waals surface area contributed by atoms with E-state index in [4.69, 9.17) is 5.11 Å². The summed E-state index contributed by atoms with van der Waals surface area (Å²) in [5, 5.41) is 22.3. The van der Waals surface area contributed by atoms with Crippen molar-refractivity contribution in [1.29, 1.82) is 0 Å². The molecule has 0 fully saturated rings. The molecule has 1 aromatic rings. The normalized spacial score (nSPS) is 11.9. The average Bonchev–Trinajstić information content (AvgIpc) is 2.30. The number of aryl methyl sites for hydroxylation is 1. The molecule has 0 aliphatic heterocycles. The van der Waals surface area contributed by atoms with E-state index in [2.05, 4.69) is 10.3 Å². The number of aromatic nitrogens is 1. The van der Waals surface area contributed by atoms with Crippen molar-refractivity contribution in [3.63, 3.8) is 0 Å². The first-order valence-corrected chi connectivity index (χ1v) is 5.49. The van der Waals surface area contributed by atoms with Gasteiger partial charge in [-0.3, -0.25) is 14.9 Å². The first kappa shape index (κ1) is 13.9. The molecule has 0 saturated carbocycles. The van der Waals surface area contributed by atoms with Crippen LogP contribution in [0, 0.1) is 23.0 Å². The number of nitro groups is 1. The van der Waals surface area contributed by atoms with Gasteiger partial charge >= 0.3 is 5.97 Å². The summed E-state index contributed by atoms with van der Waals surface area (Å²) in [6, 6.07) is 1.35. The quantitative estimate of drug-likeness (QED) is 0.591. The molecule has 7 heteroatoms. The summed E-state index contributed by atoms with van der Waals surface area (Å²) < 4.78 is 0. The topological polar surface area (TPSA) is 105 Å². The Bertz CT molecular complexity index is 462. The average molecular weight is 253 g/mol. The van der Waals surface area contributed by atoms with Crippen LogP contribution in [0.2, 0.25) is 0 Å². The second-order valence-corrected chi connectivity index (χ2v) is 4.07. The van der Waals surface area contributed by atoms with E-state index in [-0.39, 0.29) is 5.69 Å². The Labute approximate surface area is 104 Å². The van der Waals surface area contributed by atoms with Crippen molar-refractivity contribution in [3.8, 4) is 0 Å². The molecule has 7 nitrogen and oxygen atoms in total. The lowest BCUT2D eigenvalue weighted by Gasteiger charge is -2.08. The summed E-state index contributed by atoms with van der Waals surface area (Å²) in [5.74, 6) is -0.942. The van der Waals surface area contributed by atoms with Gasteiger partial charge in [0.15, 0.2) is 0 Å². The summed E-state index contributed by atoms with van der Waals surface area (Å²) in [6.45, 7) is 3.62. The number of nitrogens with zero attached hydrogens (tertiary/aromatic N) is 2. The molecular weight excluding hydrogens is 238 g/mol. The van der Waals surface area contributed by atoms with Gasteiger partial charge in [-0.1, -0.05) is 6.92 Å². The minimum absolute atomic E-state index is 0.00113. The van der Waals surface area contributed by atoms with Crippen molar-refractivity contribution < 1.29 is 14.8 Å². The van der Waals surface area contributed by atoms with Crippen LogP contribution in [0.3, 0.4) is 0 Å². The van der Waals surface area contributed by atoms with Crippen LogP contribution in [0.5, 0.6) is 0 Å². The summed E-state index contributed by atoms with van der Waals surface area (Å²) in [5.41, 5.74) is 0.489. The Kier molecular flexibility index (Phi) is 4.59. The highest BCUT2D eigenvalue weighted by Crippen LogP contribution is 2.19. The standard InChI is InChI=1S/C11H15N3O4/c1-7(11(15)16)3-4-12-10-5-9(14(17)18)8(2)6-13-10/h5-7H,3-4H2,1-2H3,(H,12,13)(H,15,16). The van der Waals surface area contributed by atoms with E-state index < -0.39 is 16.8 Å². The van der Waals surface area contributed by atoms with E-state index in [1.807, 2.05) is 0 Å². The number of aliphatic carboxylic acids is 1. The monoisotopic (exact) mass is 253 g/mol. The second-order valence-electron chi connectivity index (χ2n) is 4.07. The van der Waals surface area contributed by atoms with Gasteiger partial charge in [-0.15, -0.1) is 0 Å². The maximum atomic E-state index is 10.7. The molecule has 0 bridgehead atoms. The van der Waals surface area contributed by atoms with Crippen molar-refractivity contribution >= 4 is 17.5 Å². The first-order valence-electron chi connectivity index (χ1n) is 5.49. The zero-order chi connectivity index (χ0) is 13.7. The van der Waals surface area contributed by atoms with Crippen molar-refractivity contribution in [1.82, 2.24) is 4.98 Å². The lowest BCUT2D eigenvalue weighted by molar-refractivity contribution is -0.385. The molecule has 0 aliphatic carbocycles. The van der Waals surface area contributed by atoms with Gasteiger partial charge < -0.3 is 10.4 Å². The van der Waals surface area contributed by atoms with Crippen molar-refractivity contribution in [3.05, 3.63) is 27.9 Å². The van der Waals surface area contributed by atoms with Crippen molar-refractivity contribution in [2.24, 2.45) is 5.92 Å². The molecule has 1 aromatic heterocycles. The predicted octanol–water partition coefficient (Wildman–Crippen LogP) is 1.82. The van der Waals surface area contributed by atoms with Gasteiger partial charge in [-0.2, -0.15) is 0 Å². The predicted molar refractivity (Wildman–Crippen MR) is 65.5 cm³/mol. The van der Waals surface area contributed by atoms with E-state index in [0.29, 0.717) is 24.3 Å². The third kappa shape index (κ3) is 3.69. The Morgan fingerprint density at radius 2 is 2.33 bits per heavy atom. The van der Waals surface area contributed by atoms with Gasteiger partial charge in [0, 0.05) is 18.3 Å². The highest BCUT2D eigenvalue weighted by Gasteiger charge is 2.13. The first-order chi connectivity index (χ1) is 8.41. The molecule has 0 amide bonds. The van der Waals surface area contributed by atoms with Crippen LogP contribution in [0.25, 0.3) is 0 Å². The maximum Gasteiger partial charge on any atom is 0.306 e. The fraction of sp³-hybridized carbons (Fsp3) is 0.455. The molecule has 1 unspecified atom stereocenters. The SMILES string of the molecule is Cc1cnc(NCCC(C)C(=O)O)cc1[N+](=O)[O-]. The van der Waals surface area contributed by atoms with Gasteiger partial charge in [-0.25, -0.2) is 4.98 Å². The number of anilines is 1. The summed E-state index contributed by atoms with van der Waals surface area (Å²) in [4.78, 5) is 24.8. The van der Waals surface area contributed by atoms with Gasteiger partial charge in [-0.05, 0) is 13.3 Å². The molecule has 18 heavy (non-hydrogen) atoms. The number of carboxylic acid groups (broad SMARTS) is 1. The third-order valence-corrected chi connectivity index (χ3v) is 2.58. The molecule has 1 atom stereocenters. The molecule has 0 aromatic carbocycles. The highest BCUT2D eigenvalue weighted by molar-refractivity contribution is 5.69. The Morgan fingerprint density at radius 1 is 1.67 bits per heavy atom. The number of rotatable bonds is 6. The smallest absolute Gasteiger partial charge is 0.306 e. The largest absolute Gasteiger partial charge is 0.481 e. The molecule has 1 rings (SSSR count). The summed E-state index contributed by atoms with van der Waals surface area (Å²) in [7, 11) is 0. The number of carboxylic acids is 1. The molecule has 0 spiro atoms. The zero-order valence-electron chi connectivity index (χ0n) is 10.2. The summed E-state index contributed by atoms with van der Waals surface area (Å²) >= 11 is 0. The van der Waals surface area contributed by atoms with E-state index >= 15 is 0 Å². The fourth-order valence-electron chi connectivity index (χ4n) is 1.35. The zero-order valence-corrected chi connectivity index (χ0v) is 10.2. The van der Waals surface area contributed by atoms with Crippen LogP contribution in [0.1, 0.15) is 18.9 Å². The van der Waals surface area contributed by atoms with E-state index in [9.17, 15) is 14.9 Å². The molecule has 2 N–H and O–H groups in total. The van der Waals surface area contributed by atoms with Gasteiger partial charge in [0.2, 0.25) is 0 Å². The molecule has 1 heterocycles. The van der Waals surface area contributed by atoms with Crippen LogP contribution in [0.15, 0.2) is 12.3 Å². The minimum atomic E-state index is -0.861. The Hall–Kier alpha value is -2.18. The molecule has 0 saturated heterocycles. The van der Waals surface area contributed by atoms with Gasteiger partial charge in [0.05, 0.1) is 16.9 Å². The number of carbonyl (C=O) groups is 1.